The molecular weight excluding hydrogens is 591 g/mol. The van der Waals surface area contributed by atoms with Crippen LogP contribution in [0.15, 0.2) is 54.6 Å². The Hall–Kier alpha value is -3.97. The maximum Gasteiger partial charge on any atom is 0.416 e. The average molecular weight is 632 g/mol. The molecule has 4 amide bonds. The van der Waals surface area contributed by atoms with Crippen molar-refractivity contribution < 1.29 is 37.1 Å². The molecule has 2 bridgehead atoms. The number of morpholine rings is 1. The molecule has 2 aliphatic heterocycles. The van der Waals surface area contributed by atoms with Gasteiger partial charge in [0.1, 0.15) is 18.2 Å². The molecule has 0 spiro atoms. The molecule has 2 aromatic rings. The van der Waals surface area contributed by atoms with Crippen LogP contribution < -0.4 is 16.0 Å². The molecule has 45 heavy (non-hydrogen) atoms. The molecular formula is C32H40F3N5O5. The summed E-state index contributed by atoms with van der Waals surface area (Å²) in [5.41, 5.74) is 0.645. The summed E-state index contributed by atoms with van der Waals surface area (Å²) in [4.78, 5) is 56.5. The second kappa shape index (κ2) is 14.9. The molecule has 4 atom stereocenters. The van der Waals surface area contributed by atoms with Crippen LogP contribution in [0.4, 0.5) is 13.2 Å². The molecule has 2 saturated heterocycles. The van der Waals surface area contributed by atoms with Gasteiger partial charge in [-0.15, -0.1) is 0 Å². The van der Waals surface area contributed by atoms with E-state index in [0.717, 1.165) is 17.7 Å². The van der Waals surface area contributed by atoms with Gasteiger partial charge in [-0.25, -0.2) is 0 Å². The number of fused-ring (bicyclic) bond motifs is 2. The van der Waals surface area contributed by atoms with Gasteiger partial charge in [0.05, 0.1) is 18.2 Å². The molecule has 2 aromatic carbocycles. The Morgan fingerprint density at radius 2 is 1.58 bits per heavy atom. The van der Waals surface area contributed by atoms with Gasteiger partial charge in [0.15, 0.2) is 0 Å². The van der Waals surface area contributed by atoms with Crippen LogP contribution in [0.3, 0.4) is 0 Å². The van der Waals surface area contributed by atoms with Crippen LogP contribution in [0, 0.1) is 5.92 Å². The SMILES string of the molecule is CC(C)C[C@@H]1NC(=O)CN(C)C(=O)[C@@H](Cc2ccccc2)NC(=O)[C@H]2CN(Cc3ccc(C(F)(F)F)cc3)C[C@@H](CNC1=O)O2. The van der Waals surface area contributed by atoms with Crippen LogP contribution in [-0.2, 0) is 43.1 Å². The van der Waals surface area contributed by atoms with Gasteiger partial charge in [0, 0.05) is 39.6 Å². The van der Waals surface area contributed by atoms with Crippen molar-refractivity contribution in [1.82, 2.24) is 25.8 Å². The van der Waals surface area contributed by atoms with E-state index in [4.69, 9.17) is 4.74 Å². The lowest BCUT2D eigenvalue weighted by Crippen LogP contribution is -2.58. The predicted molar refractivity (Wildman–Crippen MR) is 159 cm³/mol. The third-order valence-corrected chi connectivity index (χ3v) is 7.74. The molecule has 0 saturated carbocycles. The van der Waals surface area contributed by atoms with Gasteiger partial charge in [0.25, 0.3) is 5.91 Å². The zero-order valence-corrected chi connectivity index (χ0v) is 25.6. The summed E-state index contributed by atoms with van der Waals surface area (Å²) in [5.74, 6) is -1.90. The Morgan fingerprint density at radius 1 is 0.889 bits per heavy atom. The quantitative estimate of drug-likeness (QED) is 0.450. The highest BCUT2D eigenvalue weighted by molar-refractivity contribution is 5.93. The Kier molecular flexibility index (Phi) is 11.2. The van der Waals surface area contributed by atoms with Crippen molar-refractivity contribution in [2.24, 2.45) is 5.92 Å². The van der Waals surface area contributed by atoms with Gasteiger partial charge in [-0.2, -0.15) is 13.2 Å². The molecule has 0 aromatic heterocycles. The van der Waals surface area contributed by atoms with Crippen LogP contribution in [0.2, 0.25) is 0 Å². The number of hydrogen-bond donors (Lipinski definition) is 3. The van der Waals surface area contributed by atoms with Gasteiger partial charge >= 0.3 is 6.18 Å². The molecule has 10 nitrogen and oxygen atoms in total. The van der Waals surface area contributed by atoms with E-state index in [1.807, 2.05) is 49.1 Å². The lowest BCUT2D eigenvalue weighted by atomic mass is 10.0. The highest BCUT2D eigenvalue weighted by Gasteiger charge is 2.36. The number of amides is 4. The number of rotatable bonds is 6. The fourth-order valence-corrected chi connectivity index (χ4v) is 5.51. The van der Waals surface area contributed by atoms with E-state index in [2.05, 4.69) is 16.0 Å². The van der Waals surface area contributed by atoms with Crippen LogP contribution in [0.25, 0.3) is 0 Å². The van der Waals surface area contributed by atoms with E-state index in [9.17, 15) is 32.3 Å². The maximum absolute atomic E-state index is 13.6. The lowest BCUT2D eigenvalue weighted by Gasteiger charge is -2.38. The first-order valence-corrected chi connectivity index (χ1v) is 15.0. The van der Waals surface area contributed by atoms with E-state index >= 15 is 0 Å². The number of nitrogens with zero attached hydrogens (tertiary/aromatic N) is 2. The second-order valence-corrected chi connectivity index (χ2v) is 12.1. The molecule has 13 heteroatoms. The highest BCUT2D eigenvalue weighted by Crippen LogP contribution is 2.29. The minimum absolute atomic E-state index is 0.0306. The summed E-state index contributed by atoms with van der Waals surface area (Å²) in [5, 5.41) is 8.38. The fraction of sp³-hybridized carbons (Fsp3) is 0.500. The first-order chi connectivity index (χ1) is 21.3. The summed E-state index contributed by atoms with van der Waals surface area (Å²) in [6, 6.07) is 12.1. The second-order valence-electron chi connectivity index (χ2n) is 12.1. The number of likely N-dealkylation sites (N-methyl/N-ethyl adjacent to an activating group) is 1. The zero-order chi connectivity index (χ0) is 32.7. The van der Waals surface area contributed by atoms with Crippen molar-refractivity contribution in [3.63, 3.8) is 0 Å². The van der Waals surface area contributed by atoms with Crippen molar-refractivity contribution in [2.75, 3.05) is 33.2 Å². The first kappa shape index (κ1) is 33.9. The molecule has 2 fully saturated rings. The summed E-state index contributed by atoms with van der Waals surface area (Å²) < 4.78 is 45.4. The number of ether oxygens (including phenoxy) is 1. The largest absolute Gasteiger partial charge is 0.416 e. The monoisotopic (exact) mass is 631 g/mol. The highest BCUT2D eigenvalue weighted by atomic mass is 19.4. The normalized spacial score (nSPS) is 24.4. The van der Waals surface area contributed by atoms with E-state index in [1.54, 1.807) is 0 Å². The van der Waals surface area contributed by atoms with Crippen LogP contribution in [-0.4, -0.2) is 90.9 Å². The van der Waals surface area contributed by atoms with Gasteiger partial charge in [-0.1, -0.05) is 56.3 Å². The van der Waals surface area contributed by atoms with E-state index in [-0.39, 0.29) is 45.1 Å². The molecule has 4 rings (SSSR count). The Balaban J connectivity index is 1.61. The predicted octanol–water partition coefficient (Wildman–Crippen LogP) is 2.12. The summed E-state index contributed by atoms with van der Waals surface area (Å²) >= 11 is 0. The van der Waals surface area contributed by atoms with Crippen molar-refractivity contribution in [2.45, 2.75) is 63.7 Å². The summed E-state index contributed by atoms with van der Waals surface area (Å²) in [6.07, 6.45) is -5.62. The third-order valence-electron chi connectivity index (χ3n) is 7.74. The lowest BCUT2D eigenvalue weighted by molar-refractivity contribution is -0.150. The zero-order valence-electron chi connectivity index (χ0n) is 25.6. The van der Waals surface area contributed by atoms with Crippen molar-refractivity contribution in [3.05, 3.63) is 71.3 Å². The molecule has 244 valence electrons. The third kappa shape index (κ3) is 9.76. The molecule has 0 unspecified atom stereocenters. The van der Waals surface area contributed by atoms with Gasteiger partial charge < -0.3 is 25.6 Å². The molecule has 0 aliphatic carbocycles. The molecule has 3 N–H and O–H groups in total. The smallest absolute Gasteiger partial charge is 0.361 e. The molecule has 2 aliphatic rings. The van der Waals surface area contributed by atoms with Crippen molar-refractivity contribution >= 4 is 23.6 Å². The summed E-state index contributed by atoms with van der Waals surface area (Å²) in [7, 11) is 1.46. The van der Waals surface area contributed by atoms with Gasteiger partial charge in [-0.05, 0) is 35.6 Å². The average Bonchev–Trinajstić information content (AvgIpc) is 2.98. The van der Waals surface area contributed by atoms with Gasteiger partial charge in [-0.3, -0.25) is 24.1 Å². The summed E-state index contributed by atoms with van der Waals surface area (Å²) in [6.45, 7) is 4.18. The minimum Gasteiger partial charge on any atom is -0.361 e. The Morgan fingerprint density at radius 3 is 2.22 bits per heavy atom. The van der Waals surface area contributed by atoms with Crippen LogP contribution >= 0.6 is 0 Å². The minimum atomic E-state index is -4.46. The van der Waals surface area contributed by atoms with E-state index < -0.39 is 59.7 Å². The Labute approximate surface area is 260 Å². The number of alkyl halides is 3. The molecule has 0 radical (unpaired) electrons. The maximum atomic E-state index is 13.6. The number of benzene rings is 2. The van der Waals surface area contributed by atoms with Crippen LogP contribution in [0.1, 0.15) is 37.0 Å². The van der Waals surface area contributed by atoms with E-state index in [0.29, 0.717) is 12.0 Å². The number of hydrogen-bond acceptors (Lipinski definition) is 6. The topological polar surface area (TPSA) is 120 Å². The van der Waals surface area contributed by atoms with Crippen molar-refractivity contribution in [1.29, 1.82) is 0 Å². The number of halogens is 3. The number of carbonyl (C=O) groups excluding carboxylic acids is 4. The first-order valence-electron chi connectivity index (χ1n) is 15.0. The Bertz CT molecular complexity index is 1340. The number of nitrogens with one attached hydrogen (secondary N) is 3. The van der Waals surface area contributed by atoms with E-state index in [1.165, 1.54) is 24.1 Å². The van der Waals surface area contributed by atoms with Gasteiger partial charge in [0.2, 0.25) is 17.7 Å². The number of carbonyl (C=O) groups is 4. The fourth-order valence-electron chi connectivity index (χ4n) is 5.51. The van der Waals surface area contributed by atoms with Crippen molar-refractivity contribution in [3.8, 4) is 0 Å². The van der Waals surface area contributed by atoms with Crippen LogP contribution in [0.5, 0.6) is 0 Å². The standard InChI is InChI=1S/C32H40F3N5O5/c1-20(2)13-25-29(42)36-15-24-17-40(16-22-9-11-23(12-10-22)32(33,34)35)18-27(45-24)30(43)38-26(14-21-7-5-4-6-8-21)31(44)39(3)19-28(41)37-25/h4-12,20,24-27H,13-19H2,1-3H3,(H,36,42)(H,37,41)(H,38,43)/t24-,25+,26-,27-/m1/s1. The molecule has 2 heterocycles.